The van der Waals surface area contributed by atoms with Crippen molar-refractivity contribution < 1.29 is 4.74 Å². The van der Waals surface area contributed by atoms with E-state index in [4.69, 9.17) is 16.3 Å². The summed E-state index contributed by atoms with van der Waals surface area (Å²) in [6, 6.07) is 13.2. The Kier molecular flexibility index (Phi) is 5.25. The topological polar surface area (TPSA) is 55.0 Å². The fraction of sp³-hybridized carbons (Fsp3) is 0.158. The molecule has 3 aromatic rings. The van der Waals surface area contributed by atoms with Crippen LogP contribution in [0.3, 0.4) is 0 Å². The molecule has 0 aliphatic heterocycles. The summed E-state index contributed by atoms with van der Waals surface area (Å²) < 4.78 is 6.90. The first-order valence-corrected chi connectivity index (χ1v) is 8.86. The van der Waals surface area contributed by atoms with Gasteiger partial charge in [0.15, 0.2) is 0 Å². The monoisotopic (exact) mass is 418 g/mol. The molecule has 0 atom stereocenters. The summed E-state index contributed by atoms with van der Waals surface area (Å²) in [5.41, 5.74) is 3.33. The number of halogens is 2. The number of aromatic nitrogens is 2. The molecule has 0 saturated heterocycles. The number of nitrogens with one attached hydrogen (secondary N) is 1. The number of H-pyrrole nitrogens is 1. The van der Waals surface area contributed by atoms with Crippen LogP contribution in [0.15, 0.2) is 51.7 Å². The standard InChI is InChI=1S/C19H16BrClN2O2/c1-11-5-14(20)10-16(6-11)25-18-9-13(3-4-17(18)21)8-15-7-12(2)19(24)23-22-15/h3-7,9-10H,8H2,1-2H3,(H,23,24). The van der Waals surface area contributed by atoms with Gasteiger partial charge in [0.25, 0.3) is 5.56 Å². The van der Waals surface area contributed by atoms with Crippen LogP contribution in [0.2, 0.25) is 5.02 Å². The number of benzene rings is 2. The van der Waals surface area contributed by atoms with Gasteiger partial charge < -0.3 is 4.74 Å². The van der Waals surface area contributed by atoms with Crippen molar-refractivity contribution >= 4 is 27.5 Å². The first-order chi connectivity index (χ1) is 11.9. The molecule has 0 aliphatic rings. The predicted octanol–water partition coefficient (Wildman–Crippen LogP) is 5.19. The van der Waals surface area contributed by atoms with Crippen LogP contribution >= 0.6 is 27.5 Å². The Morgan fingerprint density at radius 3 is 2.68 bits per heavy atom. The average Bonchev–Trinajstić information content (AvgIpc) is 2.53. The van der Waals surface area contributed by atoms with Gasteiger partial charge in [-0.3, -0.25) is 4.79 Å². The highest BCUT2D eigenvalue weighted by Crippen LogP contribution is 2.32. The summed E-state index contributed by atoms with van der Waals surface area (Å²) in [6.45, 7) is 3.76. The Balaban J connectivity index is 1.87. The van der Waals surface area contributed by atoms with E-state index in [0.29, 0.717) is 28.5 Å². The van der Waals surface area contributed by atoms with E-state index in [0.717, 1.165) is 21.3 Å². The molecule has 6 heteroatoms. The van der Waals surface area contributed by atoms with Crippen molar-refractivity contribution in [1.82, 2.24) is 10.2 Å². The summed E-state index contributed by atoms with van der Waals surface area (Å²) in [5.74, 6) is 1.29. The molecule has 1 aromatic heterocycles. The Bertz CT molecular complexity index is 965. The molecule has 0 saturated carbocycles. The molecule has 0 radical (unpaired) electrons. The van der Waals surface area contributed by atoms with Gasteiger partial charge in [0.1, 0.15) is 11.5 Å². The molecule has 4 nitrogen and oxygen atoms in total. The molecule has 128 valence electrons. The van der Waals surface area contributed by atoms with Gasteiger partial charge in [-0.05, 0) is 61.4 Å². The van der Waals surface area contributed by atoms with Crippen LogP contribution in [-0.4, -0.2) is 10.2 Å². The molecule has 2 aromatic carbocycles. The third kappa shape index (κ3) is 4.50. The van der Waals surface area contributed by atoms with Gasteiger partial charge in [0, 0.05) is 16.5 Å². The van der Waals surface area contributed by atoms with Crippen molar-refractivity contribution in [1.29, 1.82) is 0 Å². The van der Waals surface area contributed by atoms with Crippen molar-refractivity contribution in [2.45, 2.75) is 20.3 Å². The molecule has 0 bridgehead atoms. The minimum Gasteiger partial charge on any atom is -0.456 e. The number of rotatable bonds is 4. The van der Waals surface area contributed by atoms with E-state index in [9.17, 15) is 4.79 Å². The number of aromatic amines is 1. The second-order valence-electron chi connectivity index (χ2n) is 5.88. The maximum Gasteiger partial charge on any atom is 0.267 e. The Hall–Kier alpha value is -2.11. The highest BCUT2D eigenvalue weighted by molar-refractivity contribution is 9.10. The number of nitrogens with zero attached hydrogens (tertiary/aromatic N) is 1. The van der Waals surface area contributed by atoms with Crippen LogP contribution in [0.4, 0.5) is 0 Å². The predicted molar refractivity (Wildman–Crippen MR) is 103 cm³/mol. The molecular formula is C19H16BrClN2O2. The van der Waals surface area contributed by atoms with Crippen LogP contribution < -0.4 is 10.3 Å². The molecule has 25 heavy (non-hydrogen) atoms. The van der Waals surface area contributed by atoms with Gasteiger partial charge in [-0.1, -0.05) is 33.6 Å². The van der Waals surface area contributed by atoms with Crippen molar-refractivity contribution in [3.8, 4) is 11.5 Å². The minimum absolute atomic E-state index is 0.172. The fourth-order valence-electron chi connectivity index (χ4n) is 2.48. The fourth-order valence-corrected chi connectivity index (χ4v) is 3.23. The van der Waals surface area contributed by atoms with Gasteiger partial charge in [-0.15, -0.1) is 0 Å². The zero-order chi connectivity index (χ0) is 18.0. The van der Waals surface area contributed by atoms with Crippen molar-refractivity contribution in [3.05, 3.63) is 84.7 Å². The van der Waals surface area contributed by atoms with Crippen LogP contribution in [0.5, 0.6) is 11.5 Å². The summed E-state index contributed by atoms with van der Waals surface area (Å²) in [6.07, 6.45) is 0.572. The molecule has 0 spiro atoms. The first kappa shape index (κ1) is 17.7. The third-order valence-corrected chi connectivity index (χ3v) is 4.44. The lowest BCUT2D eigenvalue weighted by molar-refractivity contribution is 0.481. The Morgan fingerprint density at radius 2 is 1.96 bits per heavy atom. The smallest absolute Gasteiger partial charge is 0.267 e. The maximum absolute atomic E-state index is 11.4. The van der Waals surface area contributed by atoms with E-state index in [-0.39, 0.29) is 5.56 Å². The number of hydrogen-bond acceptors (Lipinski definition) is 3. The highest BCUT2D eigenvalue weighted by Gasteiger charge is 2.08. The number of ether oxygens (including phenoxy) is 1. The summed E-state index contributed by atoms with van der Waals surface area (Å²) in [4.78, 5) is 11.4. The quantitative estimate of drug-likeness (QED) is 0.633. The van der Waals surface area contributed by atoms with E-state index in [2.05, 4.69) is 26.1 Å². The molecule has 1 N–H and O–H groups in total. The molecule has 0 unspecified atom stereocenters. The molecule has 3 rings (SSSR count). The lowest BCUT2D eigenvalue weighted by atomic mass is 10.1. The lowest BCUT2D eigenvalue weighted by Crippen LogP contribution is -2.12. The zero-order valence-electron chi connectivity index (χ0n) is 13.8. The second-order valence-corrected chi connectivity index (χ2v) is 7.20. The van der Waals surface area contributed by atoms with E-state index in [1.54, 1.807) is 19.1 Å². The van der Waals surface area contributed by atoms with Crippen molar-refractivity contribution in [2.75, 3.05) is 0 Å². The SMILES string of the molecule is Cc1cc(Br)cc(Oc2cc(Cc3cc(C)c(=O)[nH]n3)ccc2Cl)c1. The van der Waals surface area contributed by atoms with Crippen LogP contribution in [0, 0.1) is 13.8 Å². The number of hydrogen-bond donors (Lipinski definition) is 1. The molecular weight excluding hydrogens is 404 g/mol. The lowest BCUT2D eigenvalue weighted by Gasteiger charge is -2.11. The molecule has 0 fully saturated rings. The van der Waals surface area contributed by atoms with Crippen molar-refractivity contribution in [3.63, 3.8) is 0 Å². The van der Waals surface area contributed by atoms with Crippen LogP contribution in [0.25, 0.3) is 0 Å². The largest absolute Gasteiger partial charge is 0.456 e. The van der Waals surface area contributed by atoms with Gasteiger partial charge in [-0.2, -0.15) is 5.10 Å². The summed E-state index contributed by atoms with van der Waals surface area (Å²) in [7, 11) is 0. The molecule has 0 aliphatic carbocycles. The third-order valence-electron chi connectivity index (χ3n) is 3.67. The zero-order valence-corrected chi connectivity index (χ0v) is 16.1. The Labute approximate surface area is 158 Å². The summed E-state index contributed by atoms with van der Waals surface area (Å²) >= 11 is 9.74. The molecule has 1 heterocycles. The highest BCUT2D eigenvalue weighted by atomic mass is 79.9. The van der Waals surface area contributed by atoms with Crippen LogP contribution in [0.1, 0.15) is 22.4 Å². The van der Waals surface area contributed by atoms with E-state index >= 15 is 0 Å². The summed E-state index contributed by atoms with van der Waals surface area (Å²) in [5, 5.41) is 7.11. The van der Waals surface area contributed by atoms with Crippen LogP contribution in [-0.2, 0) is 6.42 Å². The normalized spacial score (nSPS) is 10.7. The number of aryl methyl sites for hydroxylation is 2. The van der Waals surface area contributed by atoms with E-state index in [1.165, 1.54) is 0 Å². The maximum atomic E-state index is 11.4. The minimum atomic E-state index is -0.172. The van der Waals surface area contributed by atoms with E-state index in [1.807, 2.05) is 37.3 Å². The Morgan fingerprint density at radius 1 is 1.16 bits per heavy atom. The average molecular weight is 420 g/mol. The van der Waals surface area contributed by atoms with Gasteiger partial charge >= 0.3 is 0 Å². The van der Waals surface area contributed by atoms with E-state index < -0.39 is 0 Å². The second kappa shape index (κ2) is 7.42. The van der Waals surface area contributed by atoms with Gasteiger partial charge in [0.2, 0.25) is 0 Å². The van der Waals surface area contributed by atoms with Crippen molar-refractivity contribution in [2.24, 2.45) is 0 Å². The first-order valence-electron chi connectivity index (χ1n) is 7.69. The molecule has 0 amide bonds. The van der Waals surface area contributed by atoms with Gasteiger partial charge in [0.05, 0.1) is 10.7 Å². The van der Waals surface area contributed by atoms with Gasteiger partial charge in [-0.25, -0.2) is 5.10 Å².